The van der Waals surface area contributed by atoms with Crippen LogP contribution in [-0.2, 0) is 0 Å². The molecule has 0 aromatic carbocycles. The summed E-state index contributed by atoms with van der Waals surface area (Å²) in [6, 6.07) is 2.16. The quantitative estimate of drug-likeness (QED) is 0.842. The van der Waals surface area contributed by atoms with Gasteiger partial charge in [-0.1, -0.05) is 20.8 Å². The molecule has 20 heavy (non-hydrogen) atoms. The van der Waals surface area contributed by atoms with Crippen LogP contribution in [0.2, 0.25) is 0 Å². The Morgan fingerprint density at radius 3 is 2.80 bits per heavy atom. The van der Waals surface area contributed by atoms with E-state index in [0.717, 1.165) is 43.1 Å². The van der Waals surface area contributed by atoms with Crippen LogP contribution in [0.15, 0.2) is 18.5 Å². The average Bonchev–Trinajstić information content (AvgIpc) is 2.87. The molecule has 2 aromatic rings. The Balaban J connectivity index is 2.39. The molecule has 0 aliphatic heterocycles. The van der Waals surface area contributed by atoms with Crippen molar-refractivity contribution in [3.63, 3.8) is 0 Å². The van der Waals surface area contributed by atoms with Gasteiger partial charge in [-0.05, 0) is 25.5 Å². The van der Waals surface area contributed by atoms with Crippen LogP contribution in [0.5, 0.6) is 0 Å². The fourth-order valence-electron chi connectivity index (χ4n) is 2.29. The van der Waals surface area contributed by atoms with Gasteiger partial charge in [0.25, 0.3) is 0 Å². The number of likely N-dealkylation sites (N-methyl/N-ethyl adjacent to an activating group) is 1. The summed E-state index contributed by atoms with van der Waals surface area (Å²) in [5.41, 5.74) is 2.21. The number of rotatable bonds is 7. The van der Waals surface area contributed by atoms with Crippen molar-refractivity contribution in [2.75, 3.05) is 31.6 Å². The predicted octanol–water partition coefficient (Wildman–Crippen LogP) is 2.29. The minimum absolute atomic E-state index is 0.430. The second-order valence-electron chi connectivity index (χ2n) is 5.40. The number of aromatic nitrogens is 3. The van der Waals surface area contributed by atoms with E-state index in [1.54, 1.807) is 0 Å². The fraction of sp³-hybridized carbons (Fsp3) is 0.600. The van der Waals surface area contributed by atoms with Crippen molar-refractivity contribution in [3.05, 3.63) is 24.2 Å². The molecule has 0 unspecified atom stereocenters. The number of hydrogen-bond donors (Lipinski definition) is 1. The van der Waals surface area contributed by atoms with Gasteiger partial charge in [0.05, 0.1) is 5.69 Å². The highest BCUT2D eigenvalue weighted by Crippen LogP contribution is 2.22. The van der Waals surface area contributed by atoms with Gasteiger partial charge in [0.15, 0.2) is 5.82 Å². The summed E-state index contributed by atoms with van der Waals surface area (Å²) >= 11 is 0. The van der Waals surface area contributed by atoms with E-state index in [1.165, 1.54) is 0 Å². The van der Waals surface area contributed by atoms with Gasteiger partial charge in [-0.2, -0.15) is 5.10 Å². The van der Waals surface area contributed by atoms with Gasteiger partial charge in [0, 0.05) is 32.0 Å². The van der Waals surface area contributed by atoms with E-state index >= 15 is 0 Å². The predicted molar refractivity (Wildman–Crippen MR) is 83.5 cm³/mol. The van der Waals surface area contributed by atoms with E-state index in [9.17, 15) is 0 Å². The van der Waals surface area contributed by atoms with E-state index in [1.807, 2.05) is 24.0 Å². The Morgan fingerprint density at radius 2 is 2.15 bits per heavy atom. The number of anilines is 1. The third kappa shape index (κ3) is 3.10. The minimum Gasteiger partial charge on any atom is -0.354 e. The van der Waals surface area contributed by atoms with Crippen molar-refractivity contribution in [3.8, 4) is 0 Å². The molecule has 2 rings (SSSR count). The zero-order valence-electron chi connectivity index (χ0n) is 12.9. The van der Waals surface area contributed by atoms with E-state index in [0.29, 0.717) is 5.92 Å². The second kappa shape index (κ2) is 6.70. The van der Waals surface area contributed by atoms with Gasteiger partial charge in [0.1, 0.15) is 5.52 Å². The smallest absolute Gasteiger partial charge is 0.154 e. The van der Waals surface area contributed by atoms with Gasteiger partial charge < -0.3 is 10.2 Å². The minimum atomic E-state index is 0.430. The first-order valence-electron chi connectivity index (χ1n) is 7.41. The lowest BCUT2D eigenvalue weighted by Crippen LogP contribution is -2.32. The summed E-state index contributed by atoms with van der Waals surface area (Å²) in [6.07, 6.45) is 4.87. The maximum absolute atomic E-state index is 4.63. The molecule has 0 radical (unpaired) electrons. The van der Waals surface area contributed by atoms with E-state index in [4.69, 9.17) is 0 Å². The molecule has 0 aliphatic rings. The summed E-state index contributed by atoms with van der Waals surface area (Å²) in [6.45, 7) is 9.45. The van der Waals surface area contributed by atoms with Crippen molar-refractivity contribution in [2.24, 2.45) is 0 Å². The molecule has 5 nitrogen and oxygen atoms in total. The molecule has 5 heteroatoms. The Kier molecular flexibility index (Phi) is 4.95. The molecule has 110 valence electrons. The van der Waals surface area contributed by atoms with Gasteiger partial charge in [0.2, 0.25) is 0 Å². The van der Waals surface area contributed by atoms with E-state index in [-0.39, 0.29) is 0 Å². The lowest BCUT2D eigenvalue weighted by atomic mass is 10.1. The first kappa shape index (κ1) is 14.8. The molecule has 0 amide bonds. The van der Waals surface area contributed by atoms with Crippen molar-refractivity contribution in [1.29, 1.82) is 0 Å². The molecule has 2 aromatic heterocycles. The SMILES string of the molecule is CCCN(CCNC)c1nccn2nc(C(C)C)cc12. The summed E-state index contributed by atoms with van der Waals surface area (Å²) in [7, 11) is 1.98. The number of nitrogens with one attached hydrogen (secondary N) is 1. The van der Waals surface area contributed by atoms with Gasteiger partial charge in [-0.15, -0.1) is 0 Å². The van der Waals surface area contributed by atoms with Gasteiger partial charge in [-0.3, -0.25) is 0 Å². The highest BCUT2D eigenvalue weighted by molar-refractivity contribution is 5.69. The van der Waals surface area contributed by atoms with Crippen LogP contribution in [0.4, 0.5) is 5.82 Å². The topological polar surface area (TPSA) is 45.5 Å². The summed E-state index contributed by atoms with van der Waals surface area (Å²) in [4.78, 5) is 6.92. The van der Waals surface area contributed by atoms with Crippen molar-refractivity contribution in [1.82, 2.24) is 19.9 Å². The lowest BCUT2D eigenvalue weighted by Gasteiger charge is -2.23. The summed E-state index contributed by atoms with van der Waals surface area (Å²) < 4.78 is 1.94. The molecular weight excluding hydrogens is 250 g/mol. The molecule has 1 N–H and O–H groups in total. The van der Waals surface area contributed by atoms with Crippen LogP contribution in [0.1, 0.15) is 38.8 Å². The maximum Gasteiger partial charge on any atom is 0.154 e. The maximum atomic E-state index is 4.63. The van der Waals surface area contributed by atoms with Crippen LogP contribution in [0.3, 0.4) is 0 Å². The van der Waals surface area contributed by atoms with Crippen LogP contribution >= 0.6 is 0 Å². The number of fused-ring (bicyclic) bond motifs is 1. The van der Waals surface area contributed by atoms with Crippen molar-refractivity contribution >= 4 is 11.3 Å². The monoisotopic (exact) mass is 275 g/mol. The first-order chi connectivity index (χ1) is 9.67. The molecule has 0 atom stereocenters. The second-order valence-corrected chi connectivity index (χ2v) is 5.40. The van der Waals surface area contributed by atoms with Crippen molar-refractivity contribution in [2.45, 2.75) is 33.1 Å². The Morgan fingerprint density at radius 1 is 1.35 bits per heavy atom. The third-order valence-corrected chi connectivity index (χ3v) is 3.40. The zero-order valence-corrected chi connectivity index (χ0v) is 12.9. The Hall–Kier alpha value is -1.62. The first-order valence-corrected chi connectivity index (χ1v) is 7.41. The van der Waals surface area contributed by atoms with E-state index < -0.39 is 0 Å². The molecule has 2 heterocycles. The Labute approximate surface area is 121 Å². The fourth-order valence-corrected chi connectivity index (χ4v) is 2.29. The summed E-state index contributed by atoms with van der Waals surface area (Å²) in [5, 5.41) is 7.84. The standard InChI is InChI=1S/C15H25N5/c1-5-8-19(9-6-16-4)15-14-11-13(12(2)3)18-20(14)10-7-17-15/h7,10-12,16H,5-6,8-9H2,1-4H3. The van der Waals surface area contributed by atoms with Gasteiger partial charge in [-0.25, -0.2) is 9.50 Å². The molecule has 0 bridgehead atoms. The molecule has 0 saturated carbocycles. The highest BCUT2D eigenvalue weighted by Gasteiger charge is 2.14. The van der Waals surface area contributed by atoms with Crippen LogP contribution < -0.4 is 10.2 Å². The third-order valence-electron chi connectivity index (χ3n) is 3.40. The molecule has 0 aliphatic carbocycles. The van der Waals surface area contributed by atoms with E-state index in [2.05, 4.69) is 47.1 Å². The zero-order chi connectivity index (χ0) is 14.5. The largest absolute Gasteiger partial charge is 0.354 e. The lowest BCUT2D eigenvalue weighted by molar-refractivity contribution is 0.701. The number of hydrogen-bond acceptors (Lipinski definition) is 4. The molecule has 0 saturated heterocycles. The Bertz CT molecular complexity index is 546. The van der Waals surface area contributed by atoms with Crippen LogP contribution in [0.25, 0.3) is 5.52 Å². The van der Waals surface area contributed by atoms with Crippen molar-refractivity contribution < 1.29 is 0 Å². The molecule has 0 spiro atoms. The van der Waals surface area contributed by atoms with Crippen LogP contribution in [0, 0.1) is 0 Å². The average molecular weight is 275 g/mol. The number of nitrogens with zero attached hydrogens (tertiary/aromatic N) is 4. The molecular formula is C15H25N5. The van der Waals surface area contributed by atoms with Gasteiger partial charge >= 0.3 is 0 Å². The van der Waals surface area contributed by atoms with Crippen LogP contribution in [-0.4, -0.2) is 41.3 Å². The molecule has 0 fully saturated rings. The highest BCUT2D eigenvalue weighted by atomic mass is 15.3. The summed E-state index contributed by atoms with van der Waals surface area (Å²) in [5.74, 6) is 1.46. The normalized spacial score (nSPS) is 11.4.